The zero-order valence-electron chi connectivity index (χ0n) is 9.06. The van der Waals surface area contributed by atoms with Gasteiger partial charge in [-0.05, 0) is 18.6 Å². The van der Waals surface area contributed by atoms with E-state index in [1.807, 2.05) is 18.2 Å². The van der Waals surface area contributed by atoms with Gasteiger partial charge in [0.05, 0.1) is 6.54 Å². The number of aryl methyl sites for hydroxylation is 1. The third-order valence-electron chi connectivity index (χ3n) is 2.70. The van der Waals surface area contributed by atoms with Crippen molar-refractivity contribution in [3.05, 3.63) is 30.1 Å². The number of amides is 1. The fourth-order valence-corrected chi connectivity index (χ4v) is 1.78. The lowest BCUT2D eigenvalue weighted by Crippen LogP contribution is -2.28. The lowest BCUT2D eigenvalue weighted by atomic mass is 10.2. The third kappa shape index (κ3) is 2.66. The Morgan fingerprint density at radius 2 is 2.31 bits per heavy atom. The van der Waals surface area contributed by atoms with Crippen LogP contribution in [0.2, 0.25) is 0 Å². The average Bonchev–Trinajstić information content (AvgIpc) is 2.74. The van der Waals surface area contributed by atoms with Crippen LogP contribution in [0.15, 0.2) is 24.4 Å². The van der Waals surface area contributed by atoms with E-state index in [1.165, 1.54) is 0 Å². The highest BCUT2D eigenvalue weighted by molar-refractivity contribution is 5.89. The smallest absolute Gasteiger partial charge is 0.223 e. The molecule has 1 saturated heterocycles. The Balaban J connectivity index is 1.82. The number of likely N-dealkylation sites (tertiary alicyclic amines) is 1. The molecule has 0 unspecified atom stereocenters. The maximum Gasteiger partial charge on any atom is 0.223 e. The van der Waals surface area contributed by atoms with Gasteiger partial charge >= 0.3 is 0 Å². The molecule has 4 nitrogen and oxygen atoms in total. The quantitative estimate of drug-likeness (QED) is 0.754. The molecule has 0 aromatic carbocycles. The summed E-state index contributed by atoms with van der Waals surface area (Å²) in [4.78, 5) is 28.5. The Morgan fingerprint density at radius 3 is 2.94 bits per heavy atom. The summed E-state index contributed by atoms with van der Waals surface area (Å²) in [7, 11) is 0. The Morgan fingerprint density at radius 1 is 1.44 bits per heavy atom. The number of rotatable bonds is 3. The molecule has 0 radical (unpaired) electrons. The molecular formula is C12H14N2O2. The van der Waals surface area contributed by atoms with Crippen LogP contribution in [0.5, 0.6) is 0 Å². The molecule has 2 heterocycles. The minimum Gasteiger partial charge on any atom is -0.335 e. The van der Waals surface area contributed by atoms with E-state index in [-0.39, 0.29) is 11.7 Å². The number of nitrogens with zero attached hydrogens (tertiary/aromatic N) is 2. The number of hydrogen-bond donors (Lipinski definition) is 0. The molecule has 1 aliphatic heterocycles. The van der Waals surface area contributed by atoms with Gasteiger partial charge in [-0.2, -0.15) is 0 Å². The Labute approximate surface area is 94.3 Å². The van der Waals surface area contributed by atoms with Gasteiger partial charge in [-0.25, -0.2) is 0 Å². The number of carbonyl (C=O) groups excluding carboxylic acids is 2. The van der Waals surface area contributed by atoms with Gasteiger partial charge in [0.25, 0.3) is 0 Å². The summed E-state index contributed by atoms with van der Waals surface area (Å²) in [6.45, 7) is 0.876. The maximum absolute atomic E-state index is 11.7. The number of aromatic nitrogens is 1. The predicted octanol–water partition coefficient (Wildman–Crippen LogP) is 0.816. The van der Waals surface area contributed by atoms with E-state index < -0.39 is 0 Å². The van der Waals surface area contributed by atoms with Crippen LogP contribution >= 0.6 is 0 Å². The van der Waals surface area contributed by atoms with Crippen LogP contribution in [0.3, 0.4) is 0 Å². The molecule has 84 valence electrons. The van der Waals surface area contributed by atoms with Gasteiger partial charge in [0.15, 0.2) is 5.78 Å². The number of pyridine rings is 1. The summed E-state index contributed by atoms with van der Waals surface area (Å²) in [5.41, 5.74) is 0.918. The second-order valence-electron chi connectivity index (χ2n) is 3.93. The van der Waals surface area contributed by atoms with Crippen LogP contribution in [0, 0.1) is 0 Å². The van der Waals surface area contributed by atoms with Crippen molar-refractivity contribution in [3.8, 4) is 0 Å². The molecule has 0 atom stereocenters. The molecule has 4 heteroatoms. The molecule has 1 aromatic heterocycles. The van der Waals surface area contributed by atoms with Gasteiger partial charge in [0.2, 0.25) is 5.91 Å². The van der Waals surface area contributed by atoms with Gasteiger partial charge in [0, 0.05) is 31.3 Å². The molecule has 0 spiro atoms. The second kappa shape index (κ2) is 4.88. The summed E-state index contributed by atoms with van der Waals surface area (Å²) in [6, 6.07) is 5.67. The SMILES string of the molecule is O=C1CCN(C(=O)CCc2ccccn2)C1. The van der Waals surface area contributed by atoms with Crippen molar-refractivity contribution < 1.29 is 9.59 Å². The van der Waals surface area contributed by atoms with E-state index in [4.69, 9.17) is 0 Å². The largest absolute Gasteiger partial charge is 0.335 e. The number of hydrogen-bond acceptors (Lipinski definition) is 3. The van der Waals surface area contributed by atoms with Crippen LogP contribution in [-0.4, -0.2) is 34.7 Å². The van der Waals surface area contributed by atoms with Gasteiger partial charge in [-0.3, -0.25) is 14.6 Å². The van der Waals surface area contributed by atoms with Crippen LogP contribution in [0.25, 0.3) is 0 Å². The summed E-state index contributed by atoms with van der Waals surface area (Å²) in [6.07, 6.45) is 3.31. The lowest BCUT2D eigenvalue weighted by Gasteiger charge is -2.13. The first kappa shape index (κ1) is 10.8. The highest BCUT2D eigenvalue weighted by atomic mass is 16.2. The minimum absolute atomic E-state index is 0.0523. The first-order valence-electron chi connectivity index (χ1n) is 5.45. The van der Waals surface area contributed by atoms with E-state index in [2.05, 4.69) is 4.98 Å². The van der Waals surface area contributed by atoms with Crippen molar-refractivity contribution in [3.63, 3.8) is 0 Å². The van der Waals surface area contributed by atoms with Crippen LogP contribution in [0.1, 0.15) is 18.5 Å². The van der Waals surface area contributed by atoms with E-state index in [9.17, 15) is 9.59 Å². The molecule has 0 N–H and O–H groups in total. The second-order valence-corrected chi connectivity index (χ2v) is 3.93. The van der Waals surface area contributed by atoms with Crippen molar-refractivity contribution in [1.82, 2.24) is 9.88 Å². The summed E-state index contributed by atoms with van der Waals surface area (Å²) < 4.78 is 0. The van der Waals surface area contributed by atoms with Crippen LogP contribution < -0.4 is 0 Å². The summed E-state index contributed by atoms with van der Waals surface area (Å²) in [5.74, 6) is 0.211. The van der Waals surface area contributed by atoms with Gasteiger partial charge in [0.1, 0.15) is 0 Å². The van der Waals surface area contributed by atoms with Crippen molar-refractivity contribution in [2.75, 3.05) is 13.1 Å². The average molecular weight is 218 g/mol. The standard InChI is InChI=1S/C12H14N2O2/c15-11-6-8-14(9-11)12(16)5-4-10-3-1-2-7-13-10/h1-3,7H,4-6,8-9H2. The van der Waals surface area contributed by atoms with E-state index in [0.717, 1.165) is 5.69 Å². The highest BCUT2D eigenvalue weighted by Crippen LogP contribution is 2.08. The zero-order valence-corrected chi connectivity index (χ0v) is 9.06. The van der Waals surface area contributed by atoms with E-state index in [0.29, 0.717) is 32.4 Å². The first-order valence-corrected chi connectivity index (χ1v) is 5.45. The fourth-order valence-electron chi connectivity index (χ4n) is 1.78. The monoisotopic (exact) mass is 218 g/mol. The van der Waals surface area contributed by atoms with Crippen LogP contribution in [-0.2, 0) is 16.0 Å². The minimum atomic E-state index is 0.0523. The highest BCUT2D eigenvalue weighted by Gasteiger charge is 2.23. The molecule has 0 saturated carbocycles. The Bertz CT molecular complexity index is 389. The Hall–Kier alpha value is -1.71. The lowest BCUT2D eigenvalue weighted by molar-refractivity contribution is -0.131. The first-order chi connectivity index (χ1) is 7.75. The molecular weight excluding hydrogens is 204 g/mol. The number of carbonyl (C=O) groups is 2. The van der Waals surface area contributed by atoms with Crippen LogP contribution in [0.4, 0.5) is 0 Å². The van der Waals surface area contributed by atoms with Crippen molar-refractivity contribution in [1.29, 1.82) is 0 Å². The normalized spacial score (nSPS) is 15.5. The molecule has 0 aliphatic carbocycles. The van der Waals surface area contributed by atoms with Crippen molar-refractivity contribution >= 4 is 11.7 Å². The molecule has 1 fully saturated rings. The molecule has 1 aromatic rings. The third-order valence-corrected chi connectivity index (χ3v) is 2.70. The number of ketones is 1. The molecule has 16 heavy (non-hydrogen) atoms. The van der Waals surface area contributed by atoms with Gasteiger partial charge in [-0.1, -0.05) is 6.07 Å². The molecule has 1 aliphatic rings. The van der Waals surface area contributed by atoms with E-state index in [1.54, 1.807) is 11.1 Å². The topological polar surface area (TPSA) is 50.3 Å². The summed E-state index contributed by atoms with van der Waals surface area (Å²) in [5, 5.41) is 0. The number of Topliss-reactive ketones (excluding diaryl/α,β-unsaturated/α-hetero) is 1. The molecule has 0 bridgehead atoms. The zero-order chi connectivity index (χ0) is 11.4. The van der Waals surface area contributed by atoms with Crippen molar-refractivity contribution in [2.45, 2.75) is 19.3 Å². The molecule has 1 amide bonds. The summed E-state index contributed by atoms with van der Waals surface area (Å²) >= 11 is 0. The maximum atomic E-state index is 11.7. The Kier molecular flexibility index (Phi) is 3.29. The fraction of sp³-hybridized carbons (Fsp3) is 0.417. The van der Waals surface area contributed by atoms with Gasteiger partial charge < -0.3 is 4.90 Å². The van der Waals surface area contributed by atoms with Gasteiger partial charge in [-0.15, -0.1) is 0 Å². The molecule has 2 rings (SSSR count). The predicted molar refractivity (Wildman–Crippen MR) is 58.8 cm³/mol. The van der Waals surface area contributed by atoms with Crippen molar-refractivity contribution in [2.24, 2.45) is 0 Å². The van der Waals surface area contributed by atoms with E-state index >= 15 is 0 Å².